The Morgan fingerprint density at radius 1 is 0.913 bits per heavy atom. The lowest BCUT2D eigenvalue weighted by molar-refractivity contribution is -0.284. The molecule has 3 aliphatic carbocycles. The number of ether oxygens (including phenoxy) is 1. The molecule has 11 heteroatoms. The van der Waals surface area contributed by atoms with Crippen molar-refractivity contribution in [1.29, 1.82) is 0 Å². The predicted octanol–water partition coefficient (Wildman–Crippen LogP) is 8.33. The number of aliphatic hydroxyl groups is 1. The van der Waals surface area contributed by atoms with Crippen LogP contribution in [0.4, 0.5) is 22.0 Å². The van der Waals surface area contributed by atoms with Crippen molar-refractivity contribution in [2.24, 2.45) is 16.7 Å². The van der Waals surface area contributed by atoms with Gasteiger partial charge in [0.15, 0.2) is 0 Å². The highest BCUT2D eigenvalue weighted by Gasteiger charge is 2.63. The molecule has 2 aromatic carbocycles. The standard InChI is InChI=1S/C35H45F5O5S/c1-32-17-15-24-21-25(41)9-12-27(24)31(32)28(22-33(2)29(32)13-14-30(33)42)23-7-10-26(11-8-23)45-18-4-3-5-19-46(43,44)20-6-16-34(36,37)35(38,39)40/h7-12,21,28-31,41-42H,3-6,13-20,22H2,1-2H3/t28-,29?,30+,31?,32+,33+/m1/s1. The van der Waals surface area contributed by atoms with E-state index in [1.165, 1.54) is 16.7 Å². The molecule has 2 fully saturated rings. The SMILES string of the molecule is C[C@@]12CCc3cc(O)ccc3C1[C@@H](c1ccc(OCCCCCS(=O)(=O)CCCC(F)(F)C(F)(F)F)cc1)C[C@@]1(C)C2CC[C@@H]1O. The van der Waals surface area contributed by atoms with Crippen LogP contribution < -0.4 is 4.74 Å². The number of rotatable bonds is 12. The summed E-state index contributed by atoms with van der Waals surface area (Å²) < 4.78 is 93.0. The van der Waals surface area contributed by atoms with E-state index >= 15 is 0 Å². The first-order valence-electron chi connectivity index (χ1n) is 16.3. The van der Waals surface area contributed by atoms with Crippen molar-refractivity contribution in [3.8, 4) is 11.5 Å². The third-order valence-corrected chi connectivity index (χ3v) is 13.1. The number of sulfone groups is 1. The number of phenols is 1. The van der Waals surface area contributed by atoms with Crippen LogP contribution in [0.5, 0.6) is 11.5 Å². The summed E-state index contributed by atoms with van der Waals surface area (Å²) in [6.45, 7) is 5.01. The molecule has 2 aromatic rings. The van der Waals surface area contributed by atoms with E-state index in [0.717, 1.165) is 32.1 Å². The van der Waals surface area contributed by atoms with E-state index in [4.69, 9.17) is 4.74 Å². The minimum Gasteiger partial charge on any atom is -0.508 e. The van der Waals surface area contributed by atoms with Gasteiger partial charge in [0.25, 0.3) is 0 Å². The summed E-state index contributed by atoms with van der Waals surface area (Å²) in [4.78, 5) is 0. The van der Waals surface area contributed by atoms with Crippen LogP contribution in [0, 0.1) is 16.7 Å². The minimum atomic E-state index is -5.68. The topological polar surface area (TPSA) is 83.8 Å². The Hall–Kier alpha value is -2.40. The van der Waals surface area contributed by atoms with E-state index in [2.05, 4.69) is 32.0 Å². The fourth-order valence-electron chi connectivity index (χ4n) is 8.93. The van der Waals surface area contributed by atoms with Crippen molar-refractivity contribution in [2.75, 3.05) is 18.1 Å². The molecule has 46 heavy (non-hydrogen) atoms. The Kier molecular flexibility index (Phi) is 9.79. The highest BCUT2D eigenvalue weighted by molar-refractivity contribution is 7.91. The van der Waals surface area contributed by atoms with Gasteiger partial charge in [-0.05, 0) is 127 Å². The number of halogens is 5. The fourth-order valence-corrected chi connectivity index (χ4v) is 10.4. The third kappa shape index (κ3) is 6.91. The van der Waals surface area contributed by atoms with Crippen LogP contribution in [0.25, 0.3) is 0 Å². The summed E-state index contributed by atoms with van der Waals surface area (Å²) in [5.74, 6) is -4.04. The second-order valence-electron chi connectivity index (χ2n) is 14.3. The van der Waals surface area contributed by atoms with E-state index in [0.29, 0.717) is 31.1 Å². The zero-order valence-corrected chi connectivity index (χ0v) is 27.3. The molecule has 256 valence electrons. The first-order valence-corrected chi connectivity index (χ1v) is 18.2. The van der Waals surface area contributed by atoms with Gasteiger partial charge in [0.2, 0.25) is 0 Å². The maximum atomic E-state index is 13.0. The summed E-state index contributed by atoms with van der Waals surface area (Å²) in [5.41, 5.74) is 3.50. The van der Waals surface area contributed by atoms with Crippen molar-refractivity contribution >= 4 is 9.84 Å². The molecule has 2 saturated carbocycles. The number of aryl methyl sites for hydroxylation is 1. The molecule has 0 aromatic heterocycles. The first kappa shape index (κ1) is 34.9. The summed E-state index contributed by atoms with van der Waals surface area (Å²) in [7, 11) is -3.72. The van der Waals surface area contributed by atoms with Crippen LogP contribution in [0.1, 0.15) is 100 Å². The van der Waals surface area contributed by atoms with Gasteiger partial charge in [-0.2, -0.15) is 22.0 Å². The number of alkyl halides is 5. The maximum Gasteiger partial charge on any atom is 0.453 e. The Labute approximate surface area is 268 Å². The number of hydrogen-bond donors (Lipinski definition) is 2. The van der Waals surface area contributed by atoms with Gasteiger partial charge < -0.3 is 14.9 Å². The van der Waals surface area contributed by atoms with Gasteiger partial charge in [-0.1, -0.05) is 32.0 Å². The summed E-state index contributed by atoms with van der Waals surface area (Å²) in [6, 6.07) is 13.8. The maximum absolute atomic E-state index is 13.0. The van der Waals surface area contributed by atoms with E-state index in [1.807, 2.05) is 18.2 Å². The van der Waals surface area contributed by atoms with Gasteiger partial charge in [-0.25, -0.2) is 8.42 Å². The van der Waals surface area contributed by atoms with Crippen molar-refractivity contribution < 1.29 is 45.3 Å². The molecule has 3 aliphatic rings. The molecular weight excluding hydrogens is 627 g/mol. The van der Waals surface area contributed by atoms with Crippen LogP contribution in [0.2, 0.25) is 0 Å². The van der Waals surface area contributed by atoms with Crippen LogP contribution in [-0.2, 0) is 16.3 Å². The molecule has 0 radical (unpaired) electrons. The number of benzene rings is 2. The summed E-state index contributed by atoms with van der Waals surface area (Å²) in [6.07, 6.45) is -2.33. The Morgan fingerprint density at radius 3 is 2.30 bits per heavy atom. The van der Waals surface area contributed by atoms with E-state index in [1.54, 1.807) is 6.07 Å². The fraction of sp³-hybridized carbons (Fsp3) is 0.657. The van der Waals surface area contributed by atoms with Gasteiger partial charge in [0.1, 0.15) is 21.3 Å². The number of fused-ring (bicyclic) bond motifs is 5. The molecule has 0 bridgehead atoms. The summed E-state index contributed by atoms with van der Waals surface area (Å²) >= 11 is 0. The quantitative estimate of drug-likeness (QED) is 0.175. The second kappa shape index (κ2) is 12.9. The van der Waals surface area contributed by atoms with Crippen LogP contribution in [0.15, 0.2) is 42.5 Å². The van der Waals surface area contributed by atoms with E-state index in [-0.39, 0.29) is 46.7 Å². The van der Waals surface area contributed by atoms with Crippen molar-refractivity contribution in [1.82, 2.24) is 0 Å². The molecule has 0 saturated heterocycles. The largest absolute Gasteiger partial charge is 0.508 e. The molecule has 5 nitrogen and oxygen atoms in total. The normalized spacial score (nSPS) is 29.6. The molecule has 0 spiro atoms. The lowest BCUT2D eigenvalue weighted by atomic mass is 9.44. The molecule has 2 N–H and O–H groups in total. The first-order chi connectivity index (χ1) is 21.5. The number of phenolic OH excluding ortho intramolecular Hbond substituents is 1. The number of aliphatic hydroxyl groups excluding tert-OH is 1. The van der Waals surface area contributed by atoms with Crippen molar-refractivity contribution in [2.45, 2.75) is 108 Å². The predicted molar refractivity (Wildman–Crippen MR) is 166 cm³/mol. The Morgan fingerprint density at radius 2 is 1.61 bits per heavy atom. The highest BCUT2D eigenvalue weighted by Crippen LogP contribution is 2.70. The Balaban J connectivity index is 1.16. The number of hydrogen-bond acceptors (Lipinski definition) is 5. The van der Waals surface area contributed by atoms with Crippen LogP contribution >= 0.6 is 0 Å². The molecule has 0 aliphatic heterocycles. The van der Waals surface area contributed by atoms with Crippen molar-refractivity contribution in [3.05, 3.63) is 59.2 Å². The smallest absolute Gasteiger partial charge is 0.453 e. The summed E-state index contributed by atoms with van der Waals surface area (Å²) in [5, 5.41) is 21.4. The average Bonchev–Trinajstić information content (AvgIpc) is 3.28. The minimum absolute atomic E-state index is 0.00984. The highest BCUT2D eigenvalue weighted by atomic mass is 32.2. The van der Waals surface area contributed by atoms with Gasteiger partial charge in [-0.15, -0.1) is 0 Å². The van der Waals surface area contributed by atoms with Crippen molar-refractivity contribution in [3.63, 3.8) is 0 Å². The van der Waals surface area contributed by atoms with Gasteiger partial charge in [0.05, 0.1) is 24.2 Å². The van der Waals surface area contributed by atoms with Crippen LogP contribution in [0.3, 0.4) is 0 Å². The van der Waals surface area contributed by atoms with E-state index < -0.39 is 40.5 Å². The second-order valence-corrected chi connectivity index (χ2v) is 16.6. The van der Waals surface area contributed by atoms with Crippen LogP contribution in [-0.4, -0.2) is 54.9 Å². The zero-order valence-electron chi connectivity index (χ0n) is 26.5. The number of aromatic hydroxyl groups is 1. The molecular formula is C35H45F5O5S. The molecule has 0 amide bonds. The lowest BCUT2D eigenvalue weighted by Crippen LogP contribution is -2.52. The third-order valence-electron chi connectivity index (χ3n) is 11.3. The zero-order chi connectivity index (χ0) is 33.5. The van der Waals surface area contributed by atoms with E-state index in [9.17, 15) is 40.6 Å². The molecule has 5 rings (SSSR count). The molecule has 2 unspecified atom stereocenters. The van der Waals surface area contributed by atoms with Gasteiger partial charge in [0, 0.05) is 6.42 Å². The molecule has 0 heterocycles. The molecule has 6 atom stereocenters. The number of unbranched alkanes of at least 4 members (excludes halogenated alkanes) is 2. The Bertz CT molecular complexity index is 1480. The average molecular weight is 673 g/mol. The van der Waals surface area contributed by atoms with Gasteiger partial charge >= 0.3 is 12.1 Å². The monoisotopic (exact) mass is 672 g/mol. The lowest BCUT2D eigenvalue weighted by Gasteiger charge is -2.60. The van der Waals surface area contributed by atoms with Gasteiger partial charge in [-0.3, -0.25) is 0 Å².